The van der Waals surface area contributed by atoms with E-state index in [9.17, 15) is 18.4 Å². The van der Waals surface area contributed by atoms with E-state index in [0.717, 1.165) is 23.1 Å². The van der Waals surface area contributed by atoms with Crippen molar-refractivity contribution in [2.24, 2.45) is 5.73 Å². The summed E-state index contributed by atoms with van der Waals surface area (Å²) < 4.78 is 26.3. The lowest BCUT2D eigenvalue weighted by Gasteiger charge is -2.21. The first-order chi connectivity index (χ1) is 8.32. The second-order valence-corrected chi connectivity index (χ2v) is 3.70. The Morgan fingerprint density at radius 2 is 2.06 bits per heavy atom. The molecule has 1 aromatic carbocycles. The van der Waals surface area contributed by atoms with E-state index in [1.54, 1.807) is 0 Å². The van der Waals surface area contributed by atoms with Crippen molar-refractivity contribution >= 4 is 17.6 Å². The Morgan fingerprint density at radius 3 is 2.61 bits per heavy atom. The molecule has 0 aromatic heterocycles. The van der Waals surface area contributed by atoms with Gasteiger partial charge >= 0.3 is 5.97 Å². The first kappa shape index (κ1) is 14.0. The topological polar surface area (TPSA) is 83.6 Å². The Labute approximate surface area is 102 Å². The Bertz CT molecular complexity index is 479. The number of amides is 1. The van der Waals surface area contributed by atoms with Crippen LogP contribution in [0.2, 0.25) is 0 Å². The minimum Gasteiger partial charge on any atom is -0.481 e. The van der Waals surface area contributed by atoms with E-state index in [1.807, 2.05) is 0 Å². The highest BCUT2D eigenvalue weighted by Crippen LogP contribution is 2.20. The quantitative estimate of drug-likeness (QED) is 0.833. The van der Waals surface area contributed by atoms with Crippen LogP contribution in [0.3, 0.4) is 0 Å². The van der Waals surface area contributed by atoms with E-state index in [1.165, 1.54) is 7.05 Å². The molecule has 0 aliphatic rings. The normalized spacial score (nSPS) is 12.0. The van der Waals surface area contributed by atoms with Gasteiger partial charge in [-0.25, -0.2) is 8.78 Å². The number of carboxylic acid groups (broad SMARTS) is 1. The second-order valence-electron chi connectivity index (χ2n) is 3.70. The number of nitrogens with two attached hydrogens (primary N) is 1. The predicted molar refractivity (Wildman–Crippen MR) is 60.0 cm³/mol. The molecule has 0 heterocycles. The van der Waals surface area contributed by atoms with E-state index in [4.69, 9.17) is 10.8 Å². The fourth-order valence-corrected chi connectivity index (χ4v) is 1.39. The second kappa shape index (κ2) is 5.54. The van der Waals surface area contributed by atoms with Crippen LogP contribution in [0.15, 0.2) is 18.2 Å². The van der Waals surface area contributed by atoms with E-state index in [2.05, 4.69) is 0 Å². The van der Waals surface area contributed by atoms with Crippen molar-refractivity contribution in [1.82, 2.24) is 0 Å². The van der Waals surface area contributed by atoms with Crippen molar-refractivity contribution in [2.75, 3.05) is 11.9 Å². The minimum atomic E-state index is -1.31. The highest BCUT2D eigenvalue weighted by molar-refractivity contribution is 5.98. The standard InChI is InChI=1S/C11H12F2N2O3/c1-15(11(18)8(14)5-10(16)17)9-4-6(12)2-3-7(9)13/h2-4,8H,5,14H2,1H3,(H,16,17). The van der Waals surface area contributed by atoms with E-state index < -0.39 is 36.0 Å². The summed E-state index contributed by atoms with van der Waals surface area (Å²) in [6, 6.07) is 1.31. The van der Waals surface area contributed by atoms with Gasteiger partial charge in [0.25, 0.3) is 0 Å². The zero-order chi connectivity index (χ0) is 13.9. The summed E-state index contributed by atoms with van der Waals surface area (Å²) in [5.74, 6) is -3.56. The largest absolute Gasteiger partial charge is 0.481 e. The van der Waals surface area contributed by atoms with Crippen molar-refractivity contribution in [3.8, 4) is 0 Å². The van der Waals surface area contributed by atoms with E-state index in [-0.39, 0.29) is 5.69 Å². The molecule has 1 aromatic rings. The van der Waals surface area contributed by atoms with Gasteiger partial charge in [-0.05, 0) is 12.1 Å². The van der Waals surface area contributed by atoms with Crippen LogP contribution in [0.25, 0.3) is 0 Å². The van der Waals surface area contributed by atoms with Crippen LogP contribution in [-0.4, -0.2) is 30.1 Å². The highest BCUT2D eigenvalue weighted by Gasteiger charge is 2.23. The summed E-state index contributed by atoms with van der Waals surface area (Å²) in [5, 5.41) is 8.50. The average Bonchev–Trinajstić information content (AvgIpc) is 2.29. The molecule has 3 N–H and O–H groups in total. The number of aliphatic carboxylic acids is 1. The fraction of sp³-hybridized carbons (Fsp3) is 0.273. The first-order valence-corrected chi connectivity index (χ1v) is 5.03. The Kier molecular flexibility index (Phi) is 4.33. The molecule has 5 nitrogen and oxygen atoms in total. The molecular formula is C11H12F2N2O3. The lowest BCUT2D eigenvalue weighted by molar-refractivity contribution is -0.139. The molecule has 0 radical (unpaired) electrons. The third-order valence-corrected chi connectivity index (χ3v) is 2.31. The van der Waals surface area contributed by atoms with Gasteiger partial charge in [-0.1, -0.05) is 0 Å². The molecule has 1 amide bonds. The van der Waals surface area contributed by atoms with Gasteiger partial charge in [0.15, 0.2) is 0 Å². The predicted octanol–water partition coefficient (Wildman–Crippen LogP) is 0.730. The first-order valence-electron chi connectivity index (χ1n) is 5.03. The maximum Gasteiger partial charge on any atom is 0.305 e. The molecule has 0 spiro atoms. The number of halogens is 2. The van der Waals surface area contributed by atoms with Crippen LogP contribution in [0, 0.1) is 11.6 Å². The number of rotatable bonds is 4. The van der Waals surface area contributed by atoms with Gasteiger partial charge in [0.2, 0.25) is 5.91 Å². The molecule has 7 heteroatoms. The minimum absolute atomic E-state index is 0.291. The summed E-state index contributed by atoms with van der Waals surface area (Å²) in [6.45, 7) is 0. The molecule has 1 unspecified atom stereocenters. The van der Waals surface area contributed by atoms with Crippen molar-refractivity contribution < 1.29 is 23.5 Å². The maximum atomic E-state index is 13.4. The van der Waals surface area contributed by atoms with Crippen molar-refractivity contribution in [2.45, 2.75) is 12.5 Å². The lowest BCUT2D eigenvalue weighted by Crippen LogP contribution is -2.43. The monoisotopic (exact) mass is 258 g/mol. The number of nitrogens with zero attached hydrogens (tertiary/aromatic N) is 1. The van der Waals surface area contributed by atoms with Crippen molar-refractivity contribution in [3.05, 3.63) is 29.8 Å². The third kappa shape index (κ3) is 3.24. The summed E-state index contributed by atoms with van der Waals surface area (Å²) in [7, 11) is 1.20. The SMILES string of the molecule is CN(C(=O)C(N)CC(=O)O)c1cc(F)ccc1F. The Balaban J connectivity index is 2.92. The molecule has 18 heavy (non-hydrogen) atoms. The molecule has 0 aliphatic heterocycles. The van der Waals surface area contributed by atoms with Gasteiger partial charge in [0, 0.05) is 13.1 Å². The van der Waals surface area contributed by atoms with Gasteiger partial charge in [-0.15, -0.1) is 0 Å². The molecule has 0 saturated heterocycles. The number of hydrogen-bond acceptors (Lipinski definition) is 3. The Hall–Kier alpha value is -2.02. The molecule has 0 aliphatic carbocycles. The smallest absolute Gasteiger partial charge is 0.305 e. The van der Waals surface area contributed by atoms with Crippen molar-refractivity contribution in [1.29, 1.82) is 0 Å². The summed E-state index contributed by atoms with van der Waals surface area (Å²) in [5.41, 5.74) is 5.07. The lowest BCUT2D eigenvalue weighted by atomic mass is 10.2. The summed E-state index contributed by atoms with van der Waals surface area (Å²) >= 11 is 0. The van der Waals surface area contributed by atoms with Gasteiger partial charge in [-0.3, -0.25) is 9.59 Å². The molecular weight excluding hydrogens is 246 g/mol. The number of hydrogen-bond donors (Lipinski definition) is 2. The van der Waals surface area contributed by atoms with Crippen LogP contribution in [0.1, 0.15) is 6.42 Å². The number of benzene rings is 1. The zero-order valence-electron chi connectivity index (χ0n) is 9.56. The molecule has 0 bridgehead atoms. The van der Waals surface area contributed by atoms with Crippen molar-refractivity contribution in [3.63, 3.8) is 0 Å². The van der Waals surface area contributed by atoms with Crippen LogP contribution in [-0.2, 0) is 9.59 Å². The van der Waals surface area contributed by atoms with Gasteiger partial charge < -0.3 is 15.7 Å². The number of carbonyl (C=O) groups excluding carboxylic acids is 1. The van der Waals surface area contributed by atoms with Gasteiger partial charge in [0.1, 0.15) is 11.6 Å². The maximum absolute atomic E-state index is 13.4. The number of anilines is 1. The summed E-state index contributed by atoms with van der Waals surface area (Å²) in [4.78, 5) is 22.9. The van der Waals surface area contributed by atoms with Crippen LogP contribution in [0.5, 0.6) is 0 Å². The van der Waals surface area contributed by atoms with Crippen LogP contribution >= 0.6 is 0 Å². The molecule has 0 fully saturated rings. The van der Waals surface area contributed by atoms with Gasteiger partial charge in [0.05, 0.1) is 18.2 Å². The molecule has 98 valence electrons. The number of likely N-dealkylation sites (N-methyl/N-ethyl adjacent to an activating group) is 1. The molecule has 0 saturated carbocycles. The average molecular weight is 258 g/mol. The third-order valence-electron chi connectivity index (χ3n) is 2.31. The van der Waals surface area contributed by atoms with Gasteiger partial charge in [-0.2, -0.15) is 0 Å². The Morgan fingerprint density at radius 1 is 1.44 bits per heavy atom. The number of carbonyl (C=O) groups is 2. The van der Waals surface area contributed by atoms with Crippen LogP contribution < -0.4 is 10.6 Å². The van der Waals surface area contributed by atoms with Crippen LogP contribution in [0.4, 0.5) is 14.5 Å². The zero-order valence-corrected chi connectivity index (χ0v) is 9.56. The highest BCUT2D eigenvalue weighted by atomic mass is 19.1. The van der Waals surface area contributed by atoms with E-state index in [0.29, 0.717) is 0 Å². The molecule has 1 rings (SSSR count). The number of carboxylic acids is 1. The summed E-state index contributed by atoms with van der Waals surface area (Å²) in [6.07, 6.45) is -0.583. The van der Waals surface area contributed by atoms with E-state index >= 15 is 0 Å². The fourth-order valence-electron chi connectivity index (χ4n) is 1.39. The molecule has 1 atom stereocenters.